The van der Waals surface area contributed by atoms with E-state index >= 15 is 0 Å². The maximum absolute atomic E-state index is 4.42. The van der Waals surface area contributed by atoms with Crippen LogP contribution in [0.5, 0.6) is 0 Å². The fourth-order valence-corrected chi connectivity index (χ4v) is 2.81. The Kier molecular flexibility index (Phi) is 7.46. The third-order valence-electron chi connectivity index (χ3n) is 2.79. The van der Waals surface area contributed by atoms with Crippen LogP contribution in [0.25, 0.3) is 0 Å². The van der Waals surface area contributed by atoms with Crippen molar-refractivity contribution in [3.63, 3.8) is 0 Å². The molecule has 0 amide bonds. The zero-order chi connectivity index (χ0) is 14.3. The van der Waals surface area contributed by atoms with Gasteiger partial charge >= 0.3 is 0 Å². The van der Waals surface area contributed by atoms with Gasteiger partial charge in [-0.1, -0.05) is 34.6 Å². The largest absolute Gasteiger partial charge is 0.313 e. The maximum Gasteiger partial charge on any atom is 0.138 e. The molecule has 4 nitrogen and oxygen atoms in total. The number of hydrogen-bond acceptors (Lipinski definition) is 4. The molecule has 0 fully saturated rings. The summed E-state index contributed by atoms with van der Waals surface area (Å²) in [7, 11) is 0. The number of aromatic nitrogens is 3. The Morgan fingerprint density at radius 3 is 2.63 bits per heavy atom. The van der Waals surface area contributed by atoms with Crippen molar-refractivity contribution < 1.29 is 0 Å². The van der Waals surface area contributed by atoms with Crippen LogP contribution in [0, 0.1) is 5.92 Å². The van der Waals surface area contributed by atoms with E-state index in [2.05, 4.69) is 54.7 Å². The zero-order valence-electron chi connectivity index (χ0n) is 12.9. The second kappa shape index (κ2) is 8.59. The van der Waals surface area contributed by atoms with E-state index in [0.717, 1.165) is 31.1 Å². The third-order valence-corrected chi connectivity index (χ3v) is 4.05. The summed E-state index contributed by atoms with van der Waals surface area (Å²) in [6.07, 6.45) is 2.64. The predicted octanol–water partition coefficient (Wildman–Crippen LogP) is 2.60. The van der Waals surface area contributed by atoms with Gasteiger partial charge in [-0.25, -0.2) is 9.67 Å². The first-order valence-electron chi connectivity index (χ1n) is 7.24. The Balaban J connectivity index is 2.59. The molecule has 0 aliphatic heterocycles. The topological polar surface area (TPSA) is 42.7 Å². The highest BCUT2D eigenvalue weighted by Crippen LogP contribution is 2.13. The van der Waals surface area contributed by atoms with Crippen LogP contribution >= 0.6 is 11.8 Å². The van der Waals surface area contributed by atoms with Crippen LogP contribution in [0.2, 0.25) is 0 Å². The summed E-state index contributed by atoms with van der Waals surface area (Å²) in [4.78, 5) is 4.42. The lowest BCUT2D eigenvalue weighted by Crippen LogP contribution is -2.34. The van der Waals surface area contributed by atoms with Gasteiger partial charge in [-0.05, 0) is 17.7 Å². The van der Waals surface area contributed by atoms with Crippen molar-refractivity contribution in [1.82, 2.24) is 20.1 Å². The third kappa shape index (κ3) is 6.43. The molecule has 0 aromatic carbocycles. The molecule has 19 heavy (non-hydrogen) atoms. The predicted molar refractivity (Wildman–Crippen MR) is 83.6 cm³/mol. The number of nitrogens with one attached hydrogen (secondary N) is 1. The molecule has 1 atom stereocenters. The Hall–Kier alpha value is -0.550. The van der Waals surface area contributed by atoms with E-state index in [0.29, 0.717) is 17.2 Å². The van der Waals surface area contributed by atoms with Gasteiger partial charge in [0.05, 0.1) is 0 Å². The fraction of sp³-hybridized carbons (Fsp3) is 0.857. The van der Waals surface area contributed by atoms with Crippen molar-refractivity contribution in [2.24, 2.45) is 5.92 Å². The summed E-state index contributed by atoms with van der Waals surface area (Å²) in [5, 5.41) is 8.57. The number of hydrogen-bond donors (Lipinski definition) is 1. The highest BCUT2D eigenvalue weighted by Gasteiger charge is 2.14. The smallest absolute Gasteiger partial charge is 0.138 e. The van der Waals surface area contributed by atoms with Crippen LogP contribution in [0.15, 0.2) is 6.33 Å². The van der Waals surface area contributed by atoms with Crippen molar-refractivity contribution in [3.05, 3.63) is 12.2 Å². The number of likely N-dealkylation sites (N-methyl/N-ethyl adjacent to an activating group) is 1. The van der Waals surface area contributed by atoms with Gasteiger partial charge in [0.25, 0.3) is 0 Å². The van der Waals surface area contributed by atoms with E-state index < -0.39 is 0 Å². The first-order valence-corrected chi connectivity index (χ1v) is 8.29. The Morgan fingerprint density at radius 1 is 1.32 bits per heavy atom. The van der Waals surface area contributed by atoms with Crippen molar-refractivity contribution >= 4 is 11.8 Å². The van der Waals surface area contributed by atoms with E-state index in [1.807, 2.05) is 11.8 Å². The van der Waals surface area contributed by atoms with Gasteiger partial charge in [-0.3, -0.25) is 0 Å². The monoisotopic (exact) mass is 284 g/mol. The maximum atomic E-state index is 4.42. The minimum Gasteiger partial charge on any atom is -0.313 e. The van der Waals surface area contributed by atoms with E-state index in [-0.39, 0.29) is 0 Å². The van der Waals surface area contributed by atoms with Crippen LogP contribution in [0.1, 0.15) is 40.4 Å². The lowest BCUT2D eigenvalue weighted by Gasteiger charge is -2.19. The van der Waals surface area contributed by atoms with Crippen molar-refractivity contribution in [2.45, 2.75) is 58.9 Å². The molecule has 0 aliphatic carbocycles. The second-order valence-corrected chi connectivity index (χ2v) is 7.20. The van der Waals surface area contributed by atoms with Gasteiger partial charge < -0.3 is 5.32 Å². The molecule has 1 aromatic heterocycles. The number of rotatable bonds is 9. The van der Waals surface area contributed by atoms with Crippen LogP contribution in [0.4, 0.5) is 0 Å². The SMILES string of the molecule is CCNC(CSC(C)C)Cc1ncnn1CC(C)C. The Morgan fingerprint density at radius 2 is 2.05 bits per heavy atom. The summed E-state index contributed by atoms with van der Waals surface area (Å²) in [6.45, 7) is 13.0. The van der Waals surface area contributed by atoms with Crippen molar-refractivity contribution in [3.8, 4) is 0 Å². The average molecular weight is 284 g/mol. The van der Waals surface area contributed by atoms with Crippen LogP contribution < -0.4 is 5.32 Å². The zero-order valence-corrected chi connectivity index (χ0v) is 13.7. The molecule has 110 valence electrons. The summed E-state index contributed by atoms with van der Waals surface area (Å²) < 4.78 is 2.05. The molecule has 5 heteroatoms. The molecular weight excluding hydrogens is 256 g/mol. The van der Waals surface area contributed by atoms with E-state index in [9.17, 15) is 0 Å². The molecule has 0 aliphatic rings. The lowest BCUT2D eigenvalue weighted by atomic mass is 10.2. The number of nitrogens with zero attached hydrogens (tertiary/aromatic N) is 3. The highest BCUT2D eigenvalue weighted by atomic mass is 32.2. The molecule has 1 unspecified atom stereocenters. The average Bonchev–Trinajstić information content (AvgIpc) is 2.73. The van der Waals surface area contributed by atoms with Crippen LogP contribution in [0.3, 0.4) is 0 Å². The molecule has 0 radical (unpaired) electrons. The van der Waals surface area contributed by atoms with E-state index in [4.69, 9.17) is 0 Å². The summed E-state index contributed by atoms with van der Waals surface area (Å²) in [5.74, 6) is 2.83. The van der Waals surface area contributed by atoms with E-state index in [1.54, 1.807) is 6.33 Å². The molecule has 0 saturated heterocycles. The molecule has 1 rings (SSSR count). The summed E-state index contributed by atoms with van der Waals surface area (Å²) in [5.41, 5.74) is 0. The number of thioether (sulfide) groups is 1. The summed E-state index contributed by atoms with van der Waals surface area (Å²) >= 11 is 2.00. The molecule has 0 spiro atoms. The standard InChI is InChI=1S/C14H28N4S/c1-6-15-13(9-19-12(4)5)7-14-16-10-17-18(14)8-11(2)3/h10-13,15H,6-9H2,1-5H3. The first-order chi connectivity index (χ1) is 9.02. The van der Waals surface area contributed by atoms with E-state index in [1.165, 1.54) is 0 Å². The normalized spacial score (nSPS) is 13.4. The lowest BCUT2D eigenvalue weighted by molar-refractivity contribution is 0.451. The highest BCUT2D eigenvalue weighted by molar-refractivity contribution is 7.99. The van der Waals surface area contributed by atoms with Crippen molar-refractivity contribution in [1.29, 1.82) is 0 Å². The fourth-order valence-electron chi connectivity index (χ4n) is 1.95. The summed E-state index contributed by atoms with van der Waals surface area (Å²) in [6, 6.07) is 0.479. The Bertz CT molecular complexity index is 349. The molecule has 1 N–H and O–H groups in total. The first kappa shape index (κ1) is 16.5. The van der Waals surface area contributed by atoms with Gasteiger partial charge in [0.2, 0.25) is 0 Å². The van der Waals surface area contributed by atoms with Gasteiger partial charge in [0, 0.05) is 24.8 Å². The Labute approximate surface area is 121 Å². The van der Waals surface area contributed by atoms with Gasteiger partial charge in [0.15, 0.2) is 0 Å². The minimum absolute atomic E-state index is 0.479. The second-order valence-electron chi connectivity index (χ2n) is 5.59. The quantitative estimate of drug-likeness (QED) is 0.757. The molecular formula is C14H28N4S. The molecule has 1 heterocycles. The molecule has 0 saturated carbocycles. The van der Waals surface area contributed by atoms with Gasteiger partial charge in [-0.2, -0.15) is 16.9 Å². The molecule has 0 bridgehead atoms. The van der Waals surface area contributed by atoms with Gasteiger partial charge in [0.1, 0.15) is 12.2 Å². The van der Waals surface area contributed by atoms with Crippen LogP contribution in [-0.4, -0.2) is 38.4 Å². The molecule has 1 aromatic rings. The minimum atomic E-state index is 0.479. The van der Waals surface area contributed by atoms with Crippen molar-refractivity contribution in [2.75, 3.05) is 12.3 Å². The van der Waals surface area contributed by atoms with Crippen LogP contribution in [-0.2, 0) is 13.0 Å². The van der Waals surface area contributed by atoms with Gasteiger partial charge in [-0.15, -0.1) is 0 Å².